The van der Waals surface area contributed by atoms with Crippen LogP contribution < -0.4 is 5.73 Å². The van der Waals surface area contributed by atoms with Crippen LogP contribution in [-0.4, -0.2) is 31.7 Å². The molecule has 0 aliphatic carbocycles. The smallest absolute Gasteiger partial charge is 0.243 e. The van der Waals surface area contributed by atoms with Crippen molar-refractivity contribution in [3.05, 3.63) is 28.8 Å². The van der Waals surface area contributed by atoms with Crippen LogP contribution in [-0.2, 0) is 21.2 Å². The van der Waals surface area contributed by atoms with Gasteiger partial charge in [0, 0.05) is 12.1 Å². The monoisotopic (exact) mass is 274 g/mol. The minimum Gasteiger partial charge on any atom is -0.368 e. The molecule has 2 rings (SSSR count). The third-order valence-corrected chi connectivity index (χ3v) is 5.06. The molecule has 0 aromatic heterocycles. The number of sulfonamides is 1. The summed E-state index contributed by atoms with van der Waals surface area (Å²) in [6.45, 7) is 0. The van der Waals surface area contributed by atoms with Gasteiger partial charge in [0.05, 0.1) is 4.90 Å². The molecule has 5 nitrogen and oxygen atoms in total. The number of halogens is 1. The molecule has 0 saturated heterocycles. The summed E-state index contributed by atoms with van der Waals surface area (Å²) in [6.07, 6.45) is 0.251. The Morgan fingerprint density at radius 2 is 2.18 bits per heavy atom. The highest BCUT2D eigenvalue weighted by Crippen LogP contribution is 2.30. The molecule has 1 aromatic carbocycles. The summed E-state index contributed by atoms with van der Waals surface area (Å²) < 4.78 is 25.2. The molecule has 1 heterocycles. The molecule has 0 bridgehead atoms. The maximum absolute atomic E-state index is 12.1. The predicted molar refractivity (Wildman–Crippen MR) is 63.1 cm³/mol. The number of amides is 1. The Labute approximate surface area is 104 Å². The Balaban J connectivity index is 2.63. The van der Waals surface area contributed by atoms with Gasteiger partial charge in [-0.3, -0.25) is 4.79 Å². The summed E-state index contributed by atoms with van der Waals surface area (Å²) in [7, 11) is -2.31. The average Bonchev–Trinajstić information content (AvgIpc) is 2.22. The lowest BCUT2D eigenvalue weighted by Crippen LogP contribution is -2.49. The molecule has 17 heavy (non-hydrogen) atoms. The van der Waals surface area contributed by atoms with E-state index >= 15 is 0 Å². The molecule has 1 amide bonds. The van der Waals surface area contributed by atoms with E-state index in [2.05, 4.69) is 0 Å². The Morgan fingerprint density at radius 1 is 1.53 bits per heavy atom. The average molecular weight is 275 g/mol. The Bertz CT molecular complexity index is 585. The van der Waals surface area contributed by atoms with E-state index in [1.54, 1.807) is 6.07 Å². The molecule has 0 fully saturated rings. The van der Waals surface area contributed by atoms with Crippen molar-refractivity contribution in [3.63, 3.8) is 0 Å². The van der Waals surface area contributed by atoms with Crippen molar-refractivity contribution in [1.82, 2.24) is 4.31 Å². The number of rotatable bonds is 1. The lowest BCUT2D eigenvalue weighted by Gasteiger charge is -2.31. The van der Waals surface area contributed by atoms with E-state index < -0.39 is 22.0 Å². The fraction of sp³-hybridized carbons (Fsp3) is 0.300. The molecule has 0 saturated carbocycles. The summed E-state index contributed by atoms with van der Waals surface area (Å²) >= 11 is 5.81. The summed E-state index contributed by atoms with van der Waals surface area (Å²) in [6, 6.07) is 3.65. The van der Waals surface area contributed by atoms with E-state index in [1.165, 1.54) is 19.2 Å². The molecule has 2 N–H and O–H groups in total. The summed E-state index contributed by atoms with van der Waals surface area (Å²) in [5, 5.41) is 0.437. The zero-order valence-corrected chi connectivity index (χ0v) is 10.6. The van der Waals surface area contributed by atoms with Crippen molar-refractivity contribution < 1.29 is 13.2 Å². The highest BCUT2D eigenvalue weighted by atomic mass is 35.5. The predicted octanol–water partition coefficient (Wildman–Crippen LogP) is 0.370. The van der Waals surface area contributed by atoms with Gasteiger partial charge in [0.25, 0.3) is 0 Å². The van der Waals surface area contributed by atoms with Crippen molar-refractivity contribution in [2.45, 2.75) is 17.4 Å². The van der Waals surface area contributed by atoms with Crippen molar-refractivity contribution in [1.29, 1.82) is 0 Å². The first-order chi connectivity index (χ1) is 7.84. The second kappa shape index (κ2) is 3.97. The van der Waals surface area contributed by atoms with Crippen molar-refractivity contribution >= 4 is 27.5 Å². The molecular weight excluding hydrogens is 264 g/mol. The van der Waals surface area contributed by atoms with Crippen LogP contribution in [0.5, 0.6) is 0 Å². The fourth-order valence-electron chi connectivity index (χ4n) is 1.90. The van der Waals surface area contributed by atoms with Gasteiger partial charge in [-0.05, 0) is 30.2 Å². The molecule has 1 atom stereocenters. The summed E-state index contributed by atoms with van der Waals surface area (Å²) in [4.78, 5) is 11.4. The minimum atomic E-state index is -3.66. The highest BCUT2D eigenvalue weighted by Gasteiger charge is 2.38. The zero-order valence-electron chi connectivity index (χ0n) is 9.05. The topological polar surface area (TPSA) is 80.5 Å². The lowest BCUT2D eigenvalue weighted by molar-refractivity contribution is -0.121. The van der Waals surface area contributed by atoms with E-state index in [9.17, 15) is 13.2 Å². The minimum absolute atomic E-state index is 0.182. The third-order valence-electron chi connectivity index (χ3n) is 2.86. The molecule has 1 aromatic rings. The Hall–Kier alpha value is -1.11. The molecule has 1 unspecified atom stereocenters. The Kier molecular flexibility index (Phi) is 2.89. The molecule has 1 aliphatic heterocycles. The Morgan fingerprint density at radius 3 is 2.76 bits per heavy atom. The number of likely N-dealkylation sites (N-methyl/N-ethyl adjacent to an activating group) is 1. The molecule has 1 aliphatic rings. The standard InChI is InChI=1S/C10H11ClN2O3S/c1-13-8(10(12)14)5-6-4-7(11)2-3-9(6)17(13,15)16/h2-4,8H,5H2,1H3,(H2,12,14). The van der Waals surface area contributed by atoms with E-state index in [0.29, 0.717) is 10.6 Å². The van der Waals surface area contributed by atoms with Gasteiger partial charge >= 0.3 is 0 Å². The van der Waals surface area contributed by atoms with Crippen LogP contribution in [0.3, 0.4) is 0 Å². The SMILES string of the molecule is CN1C(C(N)=O)Cc2cc(Cl)ccc2S1(=O)=O. The number of carbonyl (C=O) groups excluding carboxylic acids is 1. The van der Waals surface area contributed by atoms with Gasteiger partial charge in [-0.25, -0.2) is 8.42 Å². The van der Waals surface area contributed by atoms with E-state index in [1.807, 2.05) is 0 Å². The van der Waals surface area contributed by atoms with Crippen LogP contribution in [0.25, 0.3) is 0 Å². The van der Waals surface area contributed by atoms with Gasteiger partial charge in [-0.1, -0.05) is 11.6 Å². The van der Waals surface area contributed by atoms with Crippen molar-refractivity contribution in [2.24, 2.45) is 5.73 Å². The van der Waals surface area contributed by atoms with Crippen LogP contribution in [0.4, 0.5) is 0 Å². The first-order valence-electron chi connectivity index (χ1n) is 4.90. The number of carbonyl (C=O) groups is 1. The van der Waals surface area contributed by atoms with Gasteiger partial charge in [-0.15, -0.1) is 0 Å². The number of hydrogen-bond donors (Lipinski definition) is 1. The third kappa shape index (κ3) is 1.92. The van der Waals surface area contributed by atoms with Gasteiger partial charge in [0.15, 0.2) is 0 Å². The number of nitrogens with two attached hydrogens (primary N) is 1. The van der Waals surface area contributed by atoms with Crippen LogP contribution in [0, 0.1) is 0 Å². The maximum atomic E-state index is 12.1. The van der Waals surface area contributed by atoms with Crippen LogP contribution in [0.1, 0.15) is 5.56 Å². The van der Waals surface area contributed by atoms with Crippen LogP contribution >= 0.6 is 11.6 Å². The van der Waals surface area contributed by atoms with Gasteiger partial charge in [0.2, 0.25) is 15.9 Å². The van der Waals surface area contributed by atoms with Crippen molar-refractivity contribution in [3.8, 4) is 0 Å². The van der Waals surface area contributed by atoms with Crippen LogP contribution in [0.2, 0.25) is 5.02 Å². The first kappa shape index (κ1) is 12.3. The lowest BCUT2D eigenvalue weighted by atomic mass is 10.1. The van der Waals surface area contributed by atoms with Gasteiger partial charge in [0.1, 0.15) is 6.04 Å². The van der Waals surface area contributed by atoms with Gasteiger partial charge < -0.3 is 5.73 Å². The molecule has 0 radical (unpaired) electrons. The molecular formula is C10H11ClN2O3S. The second-order valence-electron chi connectivity index (χ2n) is 3.90. The normalized spacial score (nSPS) is 23.1. The van der Waals surface area contributed by atoms with E-state index in [4.69, 9.17) is 17.3 Å². The molecule has 0 spiro atoms. The summed E-state index contributed by atoms with van der Waals surface area (Å²) in [5.74, 6) is -0.665. The molecule has 92 valence electrons. The number of nitrogens with zero attached hydrogens (tertiary/aromatic N) is 1. The number of fused-ring (bicyclic) bond motifs is 1. The molecule has 7 heteroatoms. The quantitative estimate of drug-likeness (QED) is 0.803. The maximum Gasteiger partial charge on any atom is 0.243 e. The summed E-state index contributed by atoms with van der Waals surface area (Å²) in [5.41, 5.74) is 5.72. The van der Waals surface area contributed by atoms with E-state index in [-0.39, 0.29) is 11.3 Å². The van der Waals surface area contributed by atoms with Crippen LogP contribution in [0.15, 0.2) is 23.1 Å². The largest absolute Gasteiger partial charge is 0.368 e. The highest BCUT2D eigenvalue weighted by molar-refractivity contribution is 7.89. The number of hydrogen-bond acceptors (Lipinski definition) is 3. The first-order valence-corrected chi connectivity index (χ1v) is 6.71. The fourth-order valence-corrected chi connectivity index (χ4v) is 3.63. The van der Waals surface area contributed by atoms with Gasteiger partial charge in [-0.2, -0.15) is 4.31 Å². The zero-order chi connectivity index (χ0) is 12.8. The second-order valence-corrected chi connectivity index (χ2v) is 6.30. The number of primary amides is 1. The number of benzene rings is 1. The van der Waals surface area contributed by atoms with E-state index in [0.717, 1.165) is 4.31 Å². The van der Waals surface area contributed by atoms with Crippen molar-refractivity contribution in [2.75, 3.05) is 7.05 Å².